The molecule has 1 heterocycles. The van der Waals surface area contributed by atoms with Crippen molar-refractivity contribution in [1.29, 1.82) is 0 Å². The summed E-state index contributed by atoms with van der Waals surface area (Å²) in [7, 11) is 3.49. The zero-order chi connectivity index (χ0) is 18.2. The maximum atomic E-state index is 5.14. The van der Waals surface area contributed by atoms with E-state index in [-0.39, 0.29) is 24.0 Å². The first-order valence-electron chi connectivity index (χ1n) is 8.57. The molecule has 7 heteroatoms. The molecule has 0 atom stereocenters. The second-order valence-electron chi connectivity index (χ2n) is 6.07. The fraction of sp³-hybridized carbons (Fsp3) is 0.474. The highest BCUT2D eigenvalue weighted by molar-refractivity contribution is 14.0. The van der Waals surface area contributed by atoms with Crippen LogP contribution in [0, 0.1) is 20.8 Å². The highest BCUT2D eigenvalue weighted by Crippen LogP contribution is 2.12. The molecule has 0 unspecified atom stereocenters. The van der Waals surface area contributed by atoms with Gasteiger partial charge in [0.1, 0.15) is 0 Å². The first-order valence-corrected chi connectivity index (χ1v) is 8.57. The number of aryl methyl sites for hydroxylation is 2. The van der Waals surface area contributed by atoms with Gasteiger partial charge in [-0.3, -0.25) is 9.67 Å². The lowest BCUT2D eigenvalue weighted by atomic mass is 10.1. The highest BCUT2D eigenvalue weighted by Gasteiger charge is 2.11. The van der Waals surface area contributed by atoms with Crippen molar-refractivity contribution in [3.63, 3.8) is 0 Å². The van der Waals surface area contributed by atoms with Crippen LogP contribution >= 0.6 is 24.0 Å². The van der Waals surface area contributed by atoms with Crippen molar-refractivity contribution >= 4 is 29.9 Å². The highest BCUT2D eigenvalue weighted by atomic mass is 127. The lowest BCUT2D eigenvalue weighted by Crippen LogP contribution is -2.36. The van der Waals surface area contributed by atoms with Gasteiger partial charge in [-0.2, -0.15) is 5.10 Å². The lowest BCUT2D eigenvalue weighted by molar-refractivity contribution is 0.182. The van der Waals surface area contributed by atoms with Gasteiger partial charge >= 0.3 is 0 Å². The van der Waals surface area contributed by atoms with E-state index in [1.54, 1.807) is 14.2 Å². The van der Waals surface area contributed by atoms with E-state index in [1.165, 1.54) is 16.7 Å². The van der Waals surface area contributed by atoms with E-state index in [0.717, 1.165) is 30.4 Å². The first kappa shape index (κ1) is 22.4. The quantitative estimate of drug-likeness (QED) is 0.371. The molecule has 26 heavy (non-hydrogen) atoms. The van der Waals surface area contributed by atoms with E-state index in [0.29, 0.717) is 13.2 Å². The second kappa shape index (κ2) is 11.2. The van der Waals surface area contributed by atoms with Crippen LogP contribution < -0.4 is 10.6 Å². The first-order chi connectivity index (χ1) is 12.1. The van der Waals surface area contributed by atoms with Gasteiger partial charge in [-0.05, 0) is 31.9 Å². The predicted octanol–water partition coefficient (Wildman–Crippen LogP) is 2.94. The minimum Gasteiger partial charge on any atom is -0.383 e. The number of benzene rings is 1. The van der Waals surface area contributed by atoms with Crippen molar-refractivity contribution in [3.05, 3.63) is 52.3 Å². The van der Waals surface area contributed by atoms with Crippen molar-refractivity contribution in [1.82, 2.24) is 20.4 Å². The average molecular weight is 471 g/mol. The van der Waals surface area contributed by atoms with Gasteiger partial charge in [-0.15, -0.1) is 24.0 Å². The molecule has 0 saturated heterocycles. The number of guanidine groups is 1. The Kier molecular flexibility index (Phi) is 9.64. The van der Waals surface area contributed by atoms with Gasteiger partial charge in [0.2, 0.25) is 0 Å². The van der Waals surface area contributed by atoms with E-state index in [1.807, 2.05) is 11.6 Å². The molecule has 0 fully saturated rings. The third-order valence-electron chi connectivity index (χ3n) is 4.40. The third kappa shape index (κ3) is 5.98. The number of aromatic nitrogens is 2. The fourth-order valence-corrected chi connectivity index (χ4v) is 2.77. The standard InChI is InChI=1S/C19H29N5O.HI/c1-14-8-6-7-9-17(14)12-21-19(20-4)22-13-18-15(2)23-24(16(18)3)10-11-25-5;/h6-9H,10-13H2,1-5H3,(H2,20,21,22);1H. The van der Waals surface area contributed by atoms with Crippen LogP contribution in [0.1, 0.15) is 28.1 Å². The number of hydrogen-bond acceptors (Lipinski definition) is 3. The van der Waals surface area contributed by atoms with Crippen LogP contribution in [-0.2, 0) is 24.4 Å². The van der Waals surface area contributed by atoms with Crippen LogP contribution in [0.2, 0.25) is 0 Å². The van der Waals surface area contributed by atoms with Crippen LogP contribution in [0.25, 0.3) is 0 Å². The molecule has 1 aromatic heterocycles. The van der Waals surface area contributed by atoms with Gasteiger partial charge in [0, 0.05) is 38.5 Å². The minimum absolute atomic E-state index is 0. The van der Waals surface area contributed by atoms with Gasteiger partial charge in [0.25, 0.3) is 0 Å². The van der Waals surface area contributed by atoms with Crippen molar-refractivity contribution in [2.45, 2.75) is 40.4 Å². The van der Waals surface area contributed by atoms with Crippen LogP contribution in [0.4, 0.5) is 0 Å². The Bertz CT molecular complexity index is 727. The molecule has 6 nitrogen and oxygen atoms in total. The molecule has 1 aromatic carbocycles. The second-order valence-corrected chi connectivity index (χ2v) is 6.07. The summed E-state index contributed by atoms with van der Waals surface area (Å²) in [5, 5.41) is 11.3. The van der Waals surface area contributed by atoms with Gasteiger partial charge in [-0.25, -0.2) is 0 Å². The zero-order valence-corrected chi connectivity index (χ0v) is 18.6. The number of rotatable bonds is 7. The maximum absolute atomic E-state index is 5.14. The number of nitrogens with zero attached hydrogens (tertiary/aromatic N) is 3. The number of hydrogen-bond donors (Lipinski definition) is 2. The molecule has 0 saturated carbocycles. The van der Waals surface area contributed by atoms with Gasteiger partial charge in [-0.1, -0.05) is 24.3 Å². The van der Waals surface area contributed by atoms with Gasteiger partial charge in [0.15, 0.2) is 5.96 Å². The van der Waals surface area contributed by atoms with E-state index in [9.17, 15) is 0 Å². The van der Waals surface area contributed by atoms with Gasteiger partial charge < -0.3 is 15.4 Å². The largest absolute Gasteiger partial charge is 0.383 e. The Morgan fingerprint density at radius 3 is 2.50 bits per heavy atom. The average Bonchev–Trinajstić information content (AvgIpc) is 2.88. The summed E-state index contributed by atoms with van der Waals surface area (Å²) in [6, 6.07) is 8.36. The normalized spacial score (nSPS) is 11.2. The van der Waals surface area contributed by atoms with E-state index in [4.69, 9.17) is 4.74 Å². The molecule has 0 aliphatic heterocycles. The zero-order valence-electron chi connectivity index (χ0n) is 16.3. The molecule has 2 rings (SSSR count). The predicted molar refractivity (Wildman–Crippen MR) is 117 cm³/mol. The number of aliphatic imine (C=N–C) groups is 1. The number of halogens is 1. The summed E-state index contributed by atoms with van der Waals surface area (Å²) in [6.07, 6.45) is 0. The SMILES string of the molecule is CN=C(NCc1ccccc1C)NCc1c(C)nn(CCOC)c1C.I. The summed E-state index contributed by atoms with van der Waals surface area (Å²) >= 11 is 0. The van der Waals surface area contributed by atoms with Crippen molar-refractivity contribution in [2.75, 3.05) is 20.8 Å². The summed E-state index contributed by atoms with van der Waals surface area (Å²) in [5.74, 6) is 0.784. The summed E-state index contributed by atoms with van der Waals surface area (Å²) < 4.78 is 7.14. The van der Waals surface area contributed by atoms with Crippen molar-refractivity contribution in [3.8, 4) is 0 Å². The molecule has 0 aliphatic carbocycles. The van der Waals surface area contributed by atoms with Crippen LogP contribution in [0.5, 0.6) is 0 Å². The number of nitrogens with one attached hydrogen (secondary N) is 2. The molecule has 0 bridgehead atoms. The van der Waals surface area contributed by atoms with Crippen molar-refractivity contribution in [2.24, 2.45) is 4.99 Å². The maximum Gasteiger partial charge on any atom is 0.191 e. The Morgan fingerprint density at radius 1 is 1.15 bits per heavy atom. The third-order valence-corrected chi connectivity index (χ3v) is 4.40. The summed E-state index contributed by atoms with van der Waals surface area (Å²) in [5.41, 5.74) is 5.95. The molecule has 2 N–H and O–H groups in total. The Balaban J connectivity index is 0.00000338. The van der Waals surface area contributed by atoms with E-state index < -0.39 is 0 Å². The fourth-order valence-electron chi connectivity index (χ4n) is 2.77. The molecular weight excluding hydrogens is 441 g/mol. The molecule has 0 radical (unpaired) electrons. The van der Waals surface area contributed by atoms with Crippen LogP contribution in [0.15, 0.2) is 29.3 Å². The molecule has 2 aromatic rings. The van der Waals surface area contributed by atoms with E-state index >= 15 is 0 Å². The smallest absolute Gasteiger partial charge is 0.191 e. The van der Waals surface area contributed by atoms with E-state index in [2.05, 4.69) is 58.8 Å². The molecular formula is C19H30IN5O. The van der Waals surface area contributed by atoms with Crippen LogP contribution in [-0.4, -0.2) is 36.5 Å². The lowest BCUT2D eigenvalue weighted by Gasteiger charge is -2.13. The molecule has 0 spiro atoms. The van der Waals surface area contributed by atoms with Gasteiger partial charge in [0.05, 0.1) is 18.8 Å². The molecule has 0 amide bonds. The minimum atomic E-state index is 0. The number of ether oxygens (including phenoxy) is 1. The number of methoxy groups -OCH3 is 1. The topological polar surface area (TPSA) is 63.5 Å². The Hall–Kier alpha value is -1.61. The molecule has 144 valence electrons. The van der Waals surface area contributed by atoms with Crippen LogP contribution in [0.3, 0.4) is 0 Å². The molecule has 0 aliphatic rings. The summed E-state index contributed by atoms with van der Waals surface area (Å²) in [4.78, 5) is 4.31. The Labute approximate surface area is 173 Å². The monoisotopic (exact) mass is 471 g/mol. The van der Waals surface area contributed by atoms with Crippen molar-refractivity contribution < 1.29 is 4.74 Å². The summed E-state index contributed by atoms with van der Waals surface area (Å²) in [6.45, 7) is 9.12. The Morgan fingerprint density at radius 2 is 1.85 bits per heavy atom.